The van der Waals surface area contributed by atoms with Crippen LogP contribution in [0, 0.1) is 0 Å². The van der Waals surface area contributed by atoms with E-state index in [4.69, 9.17) is 0 Å². The van der Waals surface area contributed by atoms with Crippen LogP contribution in [0.25, 0.3) is 0 Å². The number of aromatic nitrogens is 2. The minimum absolute atomic E-state index is 0.399. The average Bonchev–Trinajstić information content (AvgIpc) is 2.34. The van der Waals surface area contributed by atoms with Gasteiger partial charge in [0.05, 0.1) is 0 Å². The van der Waals surface area contributed by atoms with Crippen LogP contribution in [0.4, 0.5) is 11.6 Å². The van der Waals surface area contributed by atoms with E-state index in [1.807, 2.05) is 7.05 Å². The standard InChI is InChI=1S/C13H24N4/c1-6-10(7-2)17-13-11(9(3)4)12(14-5)15-8-16-13/h8-10H,6-7H2,1-5H3,(H2,14,15,16,17). The highest BCUT2D eigenvalue weighted by molar-refractivity contribution is 5.59. The van der Waals surface area contributed by atoms with E-state index in [-0.39, 0.29) is 0 Å². The summed E-state index contributed by atoms with van der Waals surface area (Å²) in [4.78, 5) is 8.66. The number of nitrogens with one attached hydrogen (secondary N) is 2. The molecular formula is C13H24N4. The van der Waals surface area contributed by atoms with Crippen LogP contribution in [0.1, 0.15) is 52.0 Å². The first kappa shape index (κ1) is 13.7. The highest BCUT2D eigenvalue weighted by Crippen LogP contribution is 2.28. The summed E-state index contributed by atoms with van der Waals surface area (Å²) in [5.41, 5.74) is 1.17. The Morgan fingerprint density at radius 3 is 2.18 bits per heavy atom. The van der Waals surface area contributed by atoms with Gasteiger partial charge in [0.15, 0.2) is 0 Å². The molecule has 0 amide bonds. The SMILES string of the molecule is CCC(CC)Nc1ncnc(NC)c1C(C)C. The van der Waals surface area contributed by atoms with Gasteiger partial charge in [0.1, 0.15) is 18.0 Å². The Morgan fingerprint density at radius 1 is 1.12 bits per heavy atom. The van der Waals surface area contributed by atoms with Crippen LogP contribution in [0.15, 0.2) is 6.33 Å². The van der Waals surface area contributed by atoms with Crippen LogP contribution in [0.5, 0.6) is 0 Å². The normalized spacial score (nSPS) is 11.0. The van der Waals surface area contributed by atoms with Crippen molar-refractivity contribution in [3.05, 3.63) is 11.9 Å². The summed E-state index contributed by atoms with van der Waals surface area (Å²) < 4.78 is 0. The molecule has 0 aliphatic heterocycles. The minimum Gasteiger partial charge on any atom is -0.373 e. The van der Waals surface area contributed by atoms with Crippen molar-refractivity contribution in [3.8, 4) is 0 Å². The number of rotatable bonds is 6. The Kier molecular flexibility index (Phi) is 5.19. The molecule has 0 atom stereocenters. The maximum atomic E-state index is 4.38. The Labute approximate surface area is 104 Å². The Bertz CT molecular complexity index is 345. The summed E-state index contributed by atoms with van der Waals surface area (Å²) in [7, 11) is 1.90. The van der Waals surface area contributed by atoms with Gasteiger partial charge in [0.2, 0.25) is 0 Å². The first-order valence-corrected chi connectivity index (χ1v) is 6.43. The lowest BCUT2D eigenvalue weighted by Crippen LogP contribution is -2.20. The third-order valence-corrected chi connectivity index (χ3v) is 3.02. The smallest absolute Gasteiger partial charge is 0.135 e. The van der Waals surface area contributed by atoms with E-state index in [0.29, 0.717) is 12.0 Å². The van der Waals surface area contributed by atoms with Gasteiger partial charge in [-0.2, -0.15) is 0 Å². The van der Waals surface area contributed by atoms with Gasteiger partial charge < -0.3 is 10.6 Å². The van der Waals surface area contributed by atoms with Crippen molar-refractivity contribution in [2.75, 3.05) is 17.7 Å². The maximum absolute atomic E-state index is 4.38. The second-order valence-electron chi connectivity index (χ2n) is 4.55. The molecule has 1 aromatic heterocycles. The molecule has 4 nitrogen and oxygen atoms in total. The lowest BCUT2D eigenvalue weighted by molar-refractivity contribution is 0.664. The van der Waals surface area contributed by atoms with Gasteiger partial charge in [-0.15, -0.1) is 0 Å². The molecule has 0 aliphatic rings. The van der Waals surface area contributed by atoms with Crippen LogP contribution < -0.4 is 10.6 Å². The zero-order valence-electron chi connectivity index (χ0n) is 11.5. The summed E-state index contributed by atoms with van der Waals surface area (Å²) in [5, 5.41) is 6.65. The molecular weight excluding hydrogens is 212 g/mol. The van der Waals surface area contributed by atoms with Gasteiger partial charge in [-0.25, -0.2) is 9.97 Å². The molecule has 0 aliphatic carbocycles. The van der Waals surface area contributed by atoms with Crippen molar-refractivity contribution in [3.63, 3.8) is 0 Å². The molecule has 0 unspecified atom stereocenters. The van der Waals surface area contributed by atoms with E-state index in [1.165, 1.54) is 5.56 Å². The summed E-state index contributed by atoms with van der Waals surface area (Å²) >= 11 is 0. The van der Waals surface area contributed by atoms with Gasteiger partial charge in [-0.3, -0.25) is 0 Å². The van der Waals surface area contributed by atoms with Crippen LogP contribution in [-0.4, -0.2) is 23.1 Å². The number of anilines is 2. The molecule has 1 rings (SSSR count). The largest absolute Gasteiger partial charge is 0.373 e. The van der Waals surface area contributed by atoms with E-state index >= 15 is 0 Å². The van der Waals surface area contributed by atoms with E-state index in [0.717, 1.165) is 24.5 Å². The third-order valence-electron chi connectivity index (χ3n) is 3.02. The monoisotopic (exact) mass is 236 g/mol. The van der Waals surface area contributed by atoms with Crippen molar-refractivity contribution in [1.82, 2.24) is 9.97 Å². The number of hydrogen-bond acceptors (Lipinski definition) is 4. The van der Waals surface area contributed by atoms with Crippen molar-refractivity contribution < 1.29 is 0 Å². The second kappa shape index (κ2) is 6.42. The topological polar surface area (TPSA) is 49.8 Å². The summed E-state index contributed by atoms with van der Waals surface area (Å²) in [6.45, 7) is 8.71. The predicted molar refractivity (Wildman–Crippen MR) is 73.7 cm³/mol. The van der Waals surface area contributed by atoms with Crippen LogP contribution >= 0.6 is 0 Å². The van der Waals surface area contributed by atoms with Crippen molar-refractivity contribution >= 4 is 11.6 Å². The van der Waals surface area contributed by atoms with E-state index in [2.05, 4.69) is 48.3 Å². The van der Waals surface area contributed by atoms with Gasteiger partial charge in [-0.05, 0) is 18.8 Å². The second-order valence-corrected chi connectivity index (χ2v) is 4.55. The fourth-order valence-electron chi connectivity index (χ4n) is 1.94. The fourth-order valence-corrected chi connectivity index (χ4v) is 1.94. The zero-order valence-corrected chi connectivity index (χ0v) is 11.5. The molecule has 0 bridgehead atoms. The Hall–Kier alpha value is -1.32. The molecule has 96 valence electrons. The lowest BCUT2D eigenvalue weighted by Gasteiger charge is -2.21. The molecule has 0 radical (unpaired) electrons. The van der Waals surface area contributed by atoms with Crippen molar-refractivity contribution in [2.24, 2.45) is 0 Å². The molecule has 1 heterocycles. The van der Waals surface area contributed by atoms with Crippen LogP contribution in [0.3, 0.4) is 0 Å². The Morgan fingerprint density at radius 2 is 1.71 bits per heavy atom. The molecule has 4 heteroatoms. The molecule has 1 aromatic rings. The molecule has 0 spiro atoms. The Balaban J connectivity index is 3.05. The average molecular weight is 236 g/mol. The van der Waals surface area contributed by atoms with Gasteiger partial charge in [-0.1, -0.05) is 27.7 Å². The molecule has 0 fully saturated rings. The van der Waals surface area contributed by atoms with E-state index < -0.39 is 0 Å². The zero-order chi connectivity index (χ0) is 12.8. The van der Waals surface area contributed by atoms with E-state index in [1.54, 1.807) is 6.33 Å². The fraction of sp³-hybridized carbons (Fsp3) is 0.692. The van der Waals surface area contributed by atoms with Crippen LogP contribution in [0.2, 0.25) is 0 Å². The first-order chi connectivity index (χ1) is 8.13. The summed E-state index contributed by atoms with van der Waals surface area (Å²) in [6, 6.07) is 0.479. The molecule has 17 heavy (non-hydrogen) atoms. The molecule has 0 saturated carbocycles. The van der Waals surface area contributed by atoms with Gasteiger partial charge >= 0.3 is 0 Å². The molecule has 2 N–H and O–H groups in total. The predicted octanol–water partition coefficient (Wildman–Crippen LogP) is 3.24. The lowest BCUT2D eigenvalue weighted by atomic mass is 10.0. The highest BCUT2D eigenvalue weighted by Gasteiger charge is 2.15. The van der Waals surface area contributed by atoms with Crippen molar-refractivity contribution in [2.45, 2.75) is 52.5 Å². The molecule has 0 saturated heterocycles. The summed E-state index contributed by atoms with van der Waals surface area (Å²) in [5.74, 6) is 2.28. The third kappa shape index (κ3) is 3.32. The maximum Gasteiger partial charge on any atom is 0.135 e. The van der Waals surface area contributed by atoms with Crippen LogP contribution in [-0.2, 0) is 0 Å². The number of nitrogens with zero attached hydrogens (tertiary/aromatic N) is 2. The van der Waals surface area contributed by atoms with Gasteiger partial charge in [0, 0.05) is 18.7 Å². The first-order valence-electron chi connectivity index (χ1n) is 6.43. The molecule has 0 aromatic carbocycles. The highest BCUT2D eigenvalue weighted by atomic mass is 15.1. The minimum atomic E-state index is 0.399. The van der Waals surface area contributed by atoms with Gasteiger partial charge in [0.25, 0.3) is 0 Å². The van der Waals surface area contributed by atoms with Crippen molar-refractivity contribution in [1.29, 1.82) is 0 Å². The number of hydrogen-bond donors (Lipinski definition) is 2. The quantitative estimate of drug-likeness (QED) is 0.796. The van der Waals surface area contributed by atoms with E-state index in [9.17, 15) is 0 Å². The summed E-state index contributed by atoms with van der Waals surface area (Å²) in [6.07, 6.45) is 3.82.